The van der Waals surface area contributed by atoms with Crippen molar-refractivity contribution in [2.75, 3.05) is 7.11 Å². The fourth-order valence-electron chi connectivity index (χ4n) is 1.60. The van der Waals surface area contributed by atoms with Gasteiger partial charge in [0.05, 0.1) is 7.11 Å². The molecule has 118 valence electrons. The van der Waals surface area contributed by atoms with Gasteiger partial charge in [0.2, 0.25) is 0 Å². The Hall–Kier alpha value is -1.26. The Morgan fingerprint density at radius 1 is 1.10 bits per heavy atom. The van der Waals surface area contributed by atoms with Crippen molar-refractivity contribution in [2.24, 2.45) is 11.8 Å². The zero-order valence-corrected chi connectivity index (χ0v) is 13.8. The van der Waals surface area contributed by atoms with E-state index in [1.807, 2.05) is 0 Å². The zero-order valence-electron chi connectivity index (χ0n) is 13.8. The minimum Gasteiger partial charge on any atom is -0.467 e. The second-order valence-electron chi connectivity index (χ2n) is 6.52. The molecule has 5 nitrogen and oxygen atoms in total. The molecule has 0 aliphatic carbocycles. The second kappa shape index (κ2) is 8.12. The number of alkyl carbamates (subject to hydrolysis) is 1. The van der Waals surface area contributed by atoms with Crippen molar-refractivity contribution in [3.8, 4) is 0 Å². The van der Waals surface area contributed by atoms with Crippen LogP contribution < -0.4 is 5.32 Å². The van der Waals surface area contributed by atoms with Crippen molar-refractivity contribution < 1.29 is 19.1 Å². The molecule has 0 aromatic heterocycles. The maximum atomic E-state index is 11.7. The topological polar surface area (TPSA) is 64.6 Å². The van der Waals surface area contributed by atoms with Crippen LogP contribution in [0, 0.1) is 11.8 Å². The van der Waals surface area contributed by atoms with Crippen molar-refractivity contribution in [1.29, 1.82) is 0 Å². The first kappa shape index (κ1) is 18.7. The van der Waals surface area contributed by atoms with Gasteiger partial charge in [0.15, 0.2) is 0 Å². The molecule has 0 aromatic carbocycles. The minimum absolute atomic E-state index is 0.438. The summed E-state index contributed by atoms with van der Waals surface area (Å²) in [6, 6.07) is -0.656. The van der Waals surface area contributed by atoms with E-state index < -0.39 is 23.7 Å². The molecule has 20 heavy (non-hydrogen) atoms. The largest absolute Gasteiger partial charge is 0.467 e. The van der Waals surface area contributed by atoms with Crippen LogP contribution in [0.5, 0.6) is 0 Å². The van der Waals surface area contributed by atoms with Crippen LogP contribution in [-0.2, 0) is 14.3 Å². The minimum atomic E-state index is -0.656. The Balaban J connectivity index is 4.50. The molecule has 0 spiro atoms. The van der Waals surface area contributed by atoms with Gasteiger partial charge in [-0.15, -0.1) is 0 Å². The normalized spacial score (nSPS) is 14.6. The van der Waals surface area contributed by atoms with Crippen molar-refractivity contribution in [3.05, 3.63) is 0 Å². The summed E-state index contributed by atoms with van der Waals surface area (Å²) in [6.07, 6.45) is 0.795. The molecule has 0 aliphatic heterocycles. The summed E-state index contributed by atoms with van der Waals surface area (Å²) >= 11 is 0. The third-order valence-electron chi connectivity index (χ3n) is 3.23. The lowest BCUT2D eigenvalue weighted by Crippen LogP contribution is -2.44. The highest BCUT2D eigenvalue weighted by Gasteiger charge is 2.25. The molecule has 0 unspecified atom stereocenters. The van der Waals surface area contributed by atoms with Crippen LogP contribution in [0.3, 0.4) is 0 Å². The maximum absolute atomic E-state index is 11.7. The number of nitrogens with one attached hydrogen (secondary N) is 1. The third kappa shape index (κ3) is 8.02. The Labute approximate surface area is 122 Å². The van der Waals surface area contributed by atoms with E-state index in [4.69, 9.17) is 9.47 Å². The predicted octanol–water partition coefficient (Wildman–Crippen LogP) is 3.13. The van der Waals surface area contributed by atoms with Gasteiger partial charge in [0.1, 0.15) is 11.6 Å². The van der Waals surface area contributed by atoms with Gasteiger partial charge < -0.3 is 14.8 Å². The van der Waals surface area contributed by atoms with Crippen molar-refractivity contribution in [1.82, 2.24) is 5.32 Å². The molecule has 2 atom stereocenters. The number of hydrogen-bond donors (Lipinski definition) is 1. The Kier molecular flexibility index (Phi) is 7.61. The predicted molar refractivity (Wildman–Crippen MR) is 78.4 cm³/mol. The van der Waals surface area contributed by atoms with E-state index in [2.05, 4.69) is 26.1 Å². The highest BCUT2D eigenvalue weighted by molar-refractivity contribution is 5.81. The van der Waals surface area contributed by atoms with Crippen LogP contribution in [0.4, 0.5) is 4.79 Å². The Bertz CT molecular complexity index is 320. The standard InChI is InChI=1S/C15H29NO4/c1-10(2)11(3)8-9-12(13(17)19-7)16-14(18)20-15(4,5)6/h10-12H,8-9H2,1-7H3,(H,16,18)/t11-,12-/m0/s1. The third-order valence-corrected chi connectivity index (χ3v) is 3.23. The molecule has 1 N–H and O–H groups in total. The van der Waals surface area contributed by atoms with E-state index in [-0.39, 0.29) is 0 Å². The molecule has 0 bridgehead atoms. The Morgan fingerprint density at radius 2 is 1.65 bits per heavy atom. The van der Waals surface area contributed by atoms with Gasteiger partial charge in [0, 0.05) is 0 Å². The van der Waals surface area contributed by atoms with Crippen molar-refractivity contribution in [2.45, 2.75) is 66.0 Å². The molecular weight excluding hydrogens is 258 g/mol. The van der Waals surface area contributed by atoms with Crippen LogP contribution in [0.2, 0.25) is 0 Å². The SMILES string of the molecule is COC(=O)[C@H](CC[C@H](C)C(C)C)NC(=O)OC(C)(C)C. The lowest BCUT2D eigenvalue weighted by molar-refractivity contribution is -0.143. The molecule has 0 radical (unpaired) electrons. The van der Waals surface area contributed by atoms with E-state index in [0.717, 1.165) is 6.42 Å². The number of ether oxygens (including phenoxy) is 2. The first-order valence-corrected chi connectivity index (χ1v) is 7.14. The van der Waals surface area contributed by atoms with E-state index in [0.29, 0.717) is 18.3 Å². The number of carbonyl (C=O) groups excluding carboxylic acids is 2. The lowest BCUT2D eigenvalue weighted by Gasteiger charge is -2.23. The Morgan fingerprint density at radius 3 is 2.05 bits per heavy atom. The molecule has 5 heteroatoms. The van der Waals surface area contributed by atoms with Crippen molar-refractivity contribution in [3.63, 3.8) is 0 Å². The van der Waals surface area contributed by atoms with Gasteiger partial charge in [-0.05, 0) is 45.4 Å². The molecule has 1 amide bonds. The molecular formula is C15H29NO4. The summed E-state index contributed by atoms with van der Waals surface area (Å²) < 4.78 is 9.89. The number of hydrogen-bond acceptors (Lipinski definition) is 4. The first-order valence-electron chi connectivity index (χ1n) is 7.14. The van der Waals surface area contributed by atoms with Gasteiger partial charge in [-0.1, -0.05) is 20.8 Å². The number of carbonyl (C=O) groups is 2. The molecule has 0 fully saturated rings. The van der Waals surface area contributed by atoms with Gasteiger partial charge in [0.25, 0.3) is 0 Å². The molecule has 0 saturated heterocycles. The fourth-order valence-corrected chi connectivity index (χ4v) is 1.60. The number of rotatable bonds is 6. The maximum Gasteiger partial charge on any atom is 0.408 e. The summed E-state index contributed by atoms with van der Waals surface area (Å²) in [5.74, 6) is 0.573. The summed E-state index contributed by atoms with van der Waals surface area (Å²) in [7, 11) is 1.32. The summed E-state index contributed by atoms with van der Waals surface area (Å²) in [4.78, 5) is 23.4. The highest BCUT2D eigenvalue weighted by atomic mass is 16.6. The molecule has 0 saturated carbocycles. The number of methoxy groups -OCH3 is 1. The van der Waals surface area contributed by atoms with Crippen LogP contribution in [0.25, 0.3) is 0 Å². The average molecular weight is 287 g/mol. The van der Waals surface area contributed by atoms with E-state index >= 15 is 0 Å². The molecule has 0 aliphatic rings. The van der Waals surface area contributed by atoms with Gasteiger partial charge in [-0.2, -0.15) is 0 Å². The summed E-state index contributed by atoms with van der Waals surface area (Å²) in [6.45, 7) is 11.7. The lowest BCUT2D eigenvalue weighted by atomic mass is 9.91. The van der Waals surface area contributed by atoms with E-state index in [1.54, 1.807) is 20.8 Å². The van der Waals surface area contributed by atoms with Crippen LogP contribution >= 0.6 is 0 Å². The quantitative estimate of drug-likeness (QED) is 0.762. The van der Waals surface area contributed by atoms with Crippen molar-refractivity contribution >= 4 is 12.1 Å². The summed E-state index contributed by atoms with van der Waals surface area (Å²) in [5, 5.41) is 2.58. The van der Waals surface area contributed by atoms with E-state index in [1.165, 1.54) is 7.11 Å². The van der Waals surface area contributed by atoms with E-state index in [9.17, 15) is 9.59 Å². The smallest absolute Gasteiger partial charge is 0.408 e. The highest BCUT2D eigenvalue weighted by Crippen LogP contribution is 2.17. The molecule has 0 aromatic rings. The first-order chi connectivity index (χ1) is 9.06. The zero-order chi connectivity index (χ0) is 15.9. The average Bonchev–Trinajstić information content (AvgIpc) is 2.30. The molecule has 0 heterocycles. The van der Waals surface area contributed by atoms with Gasteiger partial charge >= 0.3 is 12.1 Å². The number of amides is 1. The fraction of sp³-hybridized carbons (Fsp3) is 0.867. The van der Waals surface area contributed by atoms with Crippen LogP contribution in [0.1, 0.15) is 54.4 Å². The second-order valence-corrected chi connectivity index (χ2v) is 6.52. The van der Waals surface area contributed by atoms with Crippen LogP contribution in [-0.4, -0.2) is 30.8 Å². The number of esters is 1. The monoisotopic (exact) mass is 287 g/mol. The molecule has 0 rings (SSSR count). The van der Waals surface area contributed by atoms with Gasteiger partial charge in [-0.25, -0.2) is 9.59 Å². The van der Waals surface area contributed by atoms with Crippen LogP contribution in [0.15, 0.2) is 0 Å². The summed E-state index contributed by atoms with van der Waals surface area (Å²) in [5.41, 5.74) is -0.587. The van der Waals surface area contributed by atoms with Gasteiger partial charge in [-0.3, -0.25) is 0 Å².